The molecule has 2 saturated carbocycles. The fraction of sp³-hybridized carbons (Fsp3) is 0.417. The van der Waals surface area contributed by atoms with E-state index >= 15 is 0 Å². The number of ether oxygens (including phenoxy) is 1. The predicted octanol–water partition coefficient (Wildman–Crippen LogP) is 2.02. The Morgan fingerprint density at radius 3 is 2.86 bits per heavy atom. The third-order valence-corrected chi connectivity index (χ3v) is 3.94. The zero-order valence-electron chi connectivity index (χ0n) is 7.75. The summed E-state index contributed by atoms with van der Waals surface area (Å²) in [6.45, 7) is 0.475. The maximum Gasteiger partial charge on any atom is 0.338 e. The second kappa shape index (κ2) is 1.88. The van der Waals surface area contributed by atoms with E-state index in [0.29, 0.717) is 12.0 Å². The average molecular weight is 186 g/mol. The molecule has 0 unspecified atom stereocenters. The summed E-state index contributed by atoms with van der Waals surface area (Å²) in [5.41, 5.74) is 3.82. The maximum atomic E-state index is 11.2. The molecular formula is C12H10O2. The molecule has 0 N–H and O–H groups in total. The normalized spacial score (nSPS) is 36.0. The van der Waals surface area contributed by atoms with E-state index < -0.39 is 0 Å². The van der Waals surface area contributed by atoms with Crippen LogP contribution in [0.3, 0.4) is 0 Å². The number of benzene rings is 1. The third-order valence-electron chi connectivity index (χ3n) is 3.94. The number of cyclic esters (lactones) is 1. The molecule has 3 aliphatic rings. The molecule has 0 aromatic heterocycles. The van der Waals surface area contributed by atoms with Gasteiger partial charge in [0.15, 0.2) is 0 Å². The van der Waals surface area contributed by atoms with Gasteiger partial charge in [-0.2, -0.15) is 0 Å². The lowest BCUT2D eigenvalue weighted by atomic mass is 9.98. The van der Waals surface area contributed by atoms with E-state index in [0.717, 1.165) is 17.0 Å². The van der Waals surface area contributed by atoms with Gasteiger partial charge in [-0.25, -0.2) is 4.79 Å². The van der Waals surface area contributed by atoms with Crippen LogP contribution in [0.4, 0.5) is 0 Å². The number of fused-ring (bicyclic) bond motifs is 2. The first-order valence-corrected chi connectivity index (χ1v) is 5.10. The number of carbonyl (C=O) groups excluding carboxylic acids is 1. The molecule has 70 valence electrons. The van der Waals surface area contributed by atoms with Gasteiger partial charge in [0.05, 0.1) is 5.56 Å². The molecule has 0 radical (unpaired) electrons. The van der Waals surface area contributed by atoms with Crippen LogP contribution in [0.2, 0.25) is 0 Å². The van der Waals surface area contributed by atoms with Crippen LogP contribution in [0.5, 0.6) is 0 Å². The summed E-state index contributed by atoms with van der Waals surface area (Å²) < 4.78 is 4.99. The van der Waals surface area contributed by atoms with Crippen molar-refractivity contribution in [1.82, 2.24) is 0 Å². The van der Waals surface area contributed by atoms with Crippen molar-refractivity contribution in [2.45, 2.75) is 24.9 Å². The van der Waals surface area contributed by atoms with E-state index in [1.807, 2.05) is 6.07 Å². The first kappa shape index (κ1) is 7.04. The van der Waals surface area contributed by atoms with Crippen LogP contribution >= 0.6 is 0 Å². The summed E-state index contributed by atoms with van der Waals surface area (Å²) in [5, 5.41) is 0. The Balaban J connectivity index is 1.85. The van der Waals surface area contributed by atoms with Gasteiger partial charge in [-0.15, -0.1) is 0 Å². The van der Waals surface area contributed by atoms with Crippen LogP contribution in [0.25, 0.3) is 0 Å². The Hall–Kier alpha value is -1.31. The molecule has 14 heavy (non-hydrogen) atoms. The molecule has 2 fully saturated rings. The summed E-state index contributed by atoms with van der Waals surface area (Å²) in [6.07, 6.45) is 2.72. The van der Waals surface area contributed by atoms with Crippen LogP contribution in [-0.2, 0) is 16.8 Å². The van der Waals surface area contributed by atoms with Crippen molar-refractivity contribution in [3.05, 3.63) is 34.9 Å². The minimum atomic E-state index is -0.160. The highest BCUT2D eigenvalue weighted by molar-refractivity contribution is 5.93. The lowest BCUT2D eigenvalue weighted by Crippen LogP contribution is -1.97. The van der Waals surface area contributed by atoms with E-state index in [9.17, 15) is 4.79 Å². The van der Waals surface area contributed by atoms with Crippen LogP contribution in [0, 0.1) is 5.92 Å². The molecule has 2 heteroatoms. The molecule has 1 aromatic rings. The molecule has 0 amide bonds. The van der Waals surface area contributed by atoms with Crippen molar-refractivity contribution in [3.63, 3.8) is 0 Å². The van der Waals surface area contributed by atoms with Gasteiger partial charge in [-0.05, 0) is 35.8 Å². The summed E-state index contributed by atoms with van der Waals surface area (Å²) in [4.78, 5) is 11.2. The highest BCUT2D eigenvalue weighted by atomic mass is 16.5. The summed E-state index contributed by atoms with van der Waals surface area (Å²) in [5.74, 6) is 0.797. The average Bonchev–Trinajstić information content (AvgIpc) is 2.99. The van der Waals surface area contributed by atoms with Crippen molar-refractivity contribution in [1.29, 1.82) is 0 Å². The van der Waals surface area contributed by atoms with Crippen molar-refractivity contribution < 1.29 is 9.53 Å². The van der Waals surface area contributed by atoms with Crippen LogP contribution < -0.4 is 0 Å². The number of hydrogen-bond donors (Lipinski definition) is 0. The SMILES string of the molecule is O=C1OCc2cc(C34CC3C4)ccc21. The molecule has 1 heterocycles. The number of rotatable bonds is 1. The Bertz CT molecular complexity index is 455. The summed E-state index contributed by atoms with van der Waals surface area (Å²) >= 11 is 0. The largest absolute Gasteiger partial charge is 0.457 e. The summed E-state index contributed by atoms with van der Waals surface area (Å²) in [6, 6.07) is 6.22. The molecule has 2 nitrogen and oxygen atoms in total. The van der Waals surface area contributed by atoms with Crippen LogP contribution in [0.15, 0.2) is 18.2 Å². The standard InChI is InChI=1S/C12H10O2/c13-11-10-2-1-8(3-7(10)6-14-11)12-4-9(12)5-12/h1-3,9H,4-6H2. The first-order chi connectivity index (χ1) is 6.79. The monoisotopic (exact) mass is 186 g/mol. The Kier molecular flexibility index (Phi) is 0.944. The lowest BCUT2D eigenvalue weighted by molar-refractivity contribution is 0.0535. The lowest BCUT2D eigenvalue weighted by Gasteiger charge is -2.04. The second-order valence-electron chi connectivity index (χ2n) is 4.71. The Morgan fingerprint density at radius 2 is 2.14 bits per heavy atom. The van der Waals surface area contributed by atoms with Gasteiger partial charge in [0.2, 0.25) is 0 Å². The van der Waals surface area contributed by atoms with Crippen LogP contribution in [0.1, 0.15) is 34.3 Å². The zero-order valence-corrected chi connectivity index (χ0v) is 7.75. The topological polar surface area (TPSA) is 26.3 Å². The molecule has 4 rings (SSSR count). The van der Waals surface area contributed by atoms with E-state index in [1.165, 1.54) is 18.4 Å². The third kappa shape index (κ3) is 0.671. The fourth-order valence-electron chi connectivity index (χ4n) is 2.62. The zero-order chi connectivity index (χ0) is 9.34. The van der Waals surface area contributed by atoms with E-state index in [1.54, 1.807) is 0 Å². The first-order valence-electron chi connectivity index (χ1n) is 5.10. The van der Waals surface area contributed by atoms with Gasteiger partial charge in [0.25, 0.3) is 0 Å². The van der Waals surface area contributed by atoms with Crippen molar-refractivity contribution >= 4 is 5.97 Å². The quantitative estimate of drug-likeness (QED) is 0.627. The fourth-order valence-corrected chi connectivity index (χ4v) is 2.62. The molecule has 1 aliphatic heterocycles. The molecule has 0 spiro atoms. The minimum Gasteiger partial charge on any atom is -0.457 e. The summed E-state index contributed by atoms with van der Waals surface area (Å²) in [7, 11) is 0. The van der Waals surface area contributed by atoms with E-state index in [4.69, 9.17) is 4.74 Å². The van der Waals surface area contributed by atoms with Gasteiger partial charge in [0.1, 0.15) is 6.61 Å². The second-order valence-corrected chi connectivity index (χ2v) is 4.71. The molecule has 0 saturated heterocycles. The molecule has 2 aliphatic carbocycles. The number of esters is 1. The molecule has 0 bridgehead atoms. The highest BCUT2D eigenvalue weighted by Crippen LogP contribution is 2.75. The smallest absolute Gasteiger partial charge is 0.338 e. The predicted molar refractivity (Wildman–Crippen MR) is 50.0 cm³/mol. The van der Waals surface area contributed by atoms with Gasteiger partial charge in [-0.3, -0.25) is 0 Å². The van der Waals surface area contributed by atoms with E-state index in [2.05, 4.69) is 12.1 Å². The number of hydrogen-bond acceptors (Lipinski definition) is 2. The van der Waals surface area contributed by atoms with Crippen molar-refractivity contribution in [2.75, 3.05) is 0 Å². The van der Waals surface area contributed by atoms with Crippen molar-refractivity contribution in [2.24, 2.45) is 5.92 Å². The maximum absolute atomic E-state index is 11.2. The van der Waals surface area contributed by atoms with Crippen LogP contribution in [-0.4, -0.2) is 5.97 Å². The molecule has 1 aromatic carbocycles. The van der Waals surface area contributed by atoms with Gasteiger partial charge >= 0.3 is 5.97 Å². The Morgan fingerprint density at radius 1 is 1.36 bits per heavy atom. The number of carbonyl (C=O) groups is 1. The highest BCUT2D eigenvalue weighted by Gasteiger charge is 2.70. The molecular weight excluding hydrogens is 176 g/mol. The van der Waals surface area contributed by atoms with Crippen molar-refractivity contribution in [3.8, 4) is 0 Å². The Labute approximate surface area is 81.9 Å². The molecule has 0 atom stereocenters. The van der Waals surface area contributed by atoms with E-state index in [-0.39, 0.29) is 5.97 Å². The van der Waals surface area contributed by atoms with Gasteiger partial charge in [0, 0.05) is 5.56 Å². The minimum absolute atomic E-state index is 0.160. The van der Waals surface area contributed by atoms with Gasteiger partial charge in [-0.1, -0.05) is 12.1 Å². The van der Waals surface area contributed by atoms with Gasteiger partial charge < -0.3 is 4.74 Å².